The number of hydrogen-bond donors (Lipinski definition) is 2. The molecular formula is C11H10FN3S. The molecule has 1 aromatic carbocycles. The number of halogens is 1. The van der Waals surface area contributed by atoms with Gasteiger partial charge in [-0.2, -0.15) is 0 Å². The molecule has 0 fully saturated rings. The highest BCUT2D eigenvalue weighted by molar-refractivity contribution is 7.71. The Morgan fingerprint density at radius 1 is 1.38 bits per heavy atom. The zero-order valence-electron chi connectivity index (χ0n) is 8.62. The fourth-order valence-electron chi connectivity index (χ4n) is 1.44. The summed E-state index contributed by atoms with van der Waals surface area (Å²) in [4.78, 5) is 6.78. The van der Waals surface area contributed by atoms with Crippen LogP contribution in [0, 0.1) is 17.5 Å². The SMILES string of the molecule is Cc1cc(-c2cc(N)nc(=S)[nH]2)ccc1F. The Hall–Kier alpha value is -1.75. The molecule has 0 saturated carbocycles. The van der Waals surface area contributed by atoms with Gasteiger partial charge in [-0.05, 0) is 48.5 Å². The lowest BCUT2D eigenvalue weighted by atomic mass is 10.1. The maximum atomic E-state index is 13.1. The van der Waals surface area contributed by atoms with E-state index in [1.165, 1.54) is 6.07 Å². The van der Waals surface area contributed by atoms with Gasteiger partial charge in [-0.1, -0.05) is 0 Å². The fourth-order valence-corrected chi connectivity index (χ4v) is 1.66. The number of rotatable bonds is 1. The van der Waals surface area contributed by atoms with Crippen molar-refractivity contribution in [2.45, 2.75) is 6.92 Å². The van der Waals surface area contributed by atoms with E-state index in [1.54, 1.807) is 25.1 Å². The van der Waals surface area contributed by atoms with Crippen LogP contribution in [-0.4, -0.2) is 9.97 Å². The summed E-state index contributed by atoms with van der Waals surface area (Å²) in [6.45, 7) is 1.71. The van der Waals surface area contributed by atoms with Crippen LogP contribution < -0.4 is 5.73 Å². The smallest absolute Gasteiger partial charge is 0.199 e. The van der Waals surface area contributed by atoms with Crippen molar-refractivity contribution in [1.29, 1.82) is 0 Å². The van der Waals surface area contributed by atoms with Crippen molar-refractivity contribution in [1.82, 2.24) is 9.97 Å². The predicted molar refractivity (Wildman–Crippen MR) is 64.0 cm³/mol. The van der Waals surface area contributed by atoms with Crippen LogP contribution in [0.15, 0.2) is 24.3 Å². The first-order valence-electron chi connectivity index (χ1n) is 4.69. The summed E-state index contributed by atoms with van der Waals surface area (Å²) >= 11 is 4.92. The van der Waals surface area contributed by atoms with Crippen molar-refractivity contribution in [2.24, 2.45) is 0 Å². The van der Waals surface area contributed by atoms with Crippen molar-refractivity contribution < 1.29 is 4.39 Å². The molecule has 0 aliphatic carbocycles. The molecule has 1 heterocycles. The number of H-pyrrole nitrogens is 1. The van der Waals surface area contributed by atoms with E-state index in [0.717, 1.165) is 11.3 Å². The van der Waals surface area contributed by atoms with Crippen LogP contribution in [0.1, 0.15) is 5.56 Å². The third-order valence-corrected chi connectivity index (χ3v) is 2.43. The molecule has 0 atom stereocenters. The van der Waals surface area contributed by atoms with E-state index in [9.17, 15) is 4.39 Å². The third-order valence-electron chi connectivity index (χ3n) is 2.23. The van der Waals surface area contributed by atoms with Gasteiger partial charge in [0.15, 0.2) is 4.77 Å². The average molecular weight is 235 g/mol. The molecule has 1 aromatic heterocycles. The van der Waals surface area contributed by atoms with Gasteiger partial charge < -0.3 is 10.7 Å². The van der Waals surface area contributed by atoms with E-state index in [1.807, 2.05) is 0 Å². The number of nitrogen functional groups attached to an aromatic ring is 1. The van der Waals surface area contributed by atoms with Crippen molar-refractivity contribution in [2.75, 3.05) is 5.73 Å². The van der Waals surface area contributed by atoms with Gasteiger partial charge in [-0.3, -0.25) is 0 Å². The number of aromatic nitrogens is 2. The maximum Gasteiger partial charge on any atom is 0.199 e. The van der Waals surface area contributed by atoms with Gasteiger partial charge in [-0.25, -0.2) is 9.37 Å². The van der Waals surface area contributed by atoms with Gasteiger partial charge >= 0.3 is 0 Å². The Morgan fingerprint density at radius 3 is 2.75 bits per heavy atom. The van der Waals surface area contributed by atoms with Crippen LogP contribution in [0.4, 0.5) is 10.2 Å². The van der Waals surface area contributed by atoms with E-state index in [-0.39, 0.29) is 5.82 Å². The molecule has 2 rings (SSSR count). The Bertz CT molecular complexity index is 592. The van der Waals surface area contributed by atoms with Gasteiger partial charge in [0.05, 0.1) is 5.69 Å². The third kappa shape index (κ3) is 2.09. The Balaban J connectivity index is 2.58. The number of anilines is 1. The highest BCUT2D eigenvalue weighted by Crippen LogP contribution is 2.20. The molecule has 3 nitrogen and oxygen atoms in total. The molecule has 3 N–H and O–H groups in total. The van der Waals surface area contributed by atoms with Crippen molar-refractivity contribution in [3.8, 4) is 11.3 Å². The Kier molecular flexibility index (Phi) is 2.70. The van der Waals surface area contributed by atoms with Gasteiger partial charge in [0.1, 0.15) is 11.6 Å². The Labute approximate surface area is 97.2 Å². The van der Waals surface area contributed by atoms with Crippen LogP contribution in [-0.2, 0) is 0 Å². The molecule has 0 spiro atoms. The van der Waals surface area contributed by atoms with Crippen LogP contribution in [0.2, 0.25) is 0 Å². The number of nitrogens with two attached hydrogens (primary N) is 1. The molecule has 0 saturated heterocycles. The Morgan fingerprint density at radius 2 is 2.12 bits per heavy atom. The lowest BCUT2D eigenvalue weighted by Crippen LogP contribution is -1.95. The molecular weight excluding hydrogens is 225 g/mol. The number of benzene rings is 1. The summed E-state index contributed by atoms with van der Waals surface area (Å²) in [6, 6.07) is 6.48. The standard InChI is InChI=1S/C11H10FN3S/c1-6-4-7(2-3-8(6)12)9-5-10(13)15-11(16)14-9/h2-5H,1H3,(H3,13,14,15,16). The van der Waals surface area contributed by atoms with E-state index in [0.29, 0.717) is 16.2 Å². The number of aryl methyl sites for hydroxylation is 1. The molecule has 0 amide bonds. The van der Waals surface area contributed by atoms with E-state index >= 15 is 0 Å². The highest BCUT2D eigenvalue weighted by Gasteiger charge is 2.03. The summed E-state index contributed by atoms with van der Waals surface area (Å²) in [7, 11) is 0. The summed E-state index contributed by atoms with van der Waals surface area (Å²) < 4.78 is 13.4. The quantitative estimate of drug-likeness (QED) is 0.747. The lowest BCUT2D eigenvalue weighted by Gasteiger charge is -2.04. The number of nitrogens with one attached hydrogen (secondary N) is 1. The zero-order valence-corrected chi connectivity index (χ0v) is 9.44. The molecule has 0 aliphatic heterocycles. The van der Waals surface area contributed by atoms with Crippen molar-refractivity contribution in [3.63, 3.8) is 0 Å². The van der Waals surface area contributed by atoms with Crippen molar-refractivity contribution >= 4 is 18.0 Å². The minimum Gasteiger partial charge on any atom is -0.384 e. The molecule has 0 aliphatic rings. The molecule has 16 heavy (non-hydrogen) atoms. The van der Waals surface area contributed by atoms with Crippen LogP contribution in [0.5, 0.6) is 0 Å². The van der Waals surface area contributed by atoms with E-state index in [2.05, 4.69) is 9.97 Å². The monoisotopic (exact) mass is 235 g/mol. The minimum absolute atomic E-state index is 0.232. The first-order valence-corrected chi connectivity index (χ1v) is 5.10. The molecule has 5 heteroatoms. The van der Waals surface area contributed by atoms with Gasteiger partial charge in [0.2, 0.25) is 0 Å². The topological polar surface area (TPSA) is 54.7 Å². The molecule has 2 aromatic rings. The summed E-state index contributed by atoms with van der Waals surface area (Å²) in [6.07, 6.45) is 0. The first kappa shape index (κ1) is 10.8. The zero-order chi connectivity index (χ0) is 11.7. The summed E-state index contributed by atoms with van der Waals surface area (Å²) in [5, 5.41) is 0. The molecule has 0 radical (unpaired) electrons. The highest BCUT2D eigenvalue weighted by atomic mass is 32.1. The van der Waals surface area contributed by atoms with Crippen LogP contribution in [0.3, 0.4) is 0 Å². The molecule has 0 unspecified atom stereocenters. The lowest BCUT2D eigenvalue weighted by molar-refractivity contribution is 0.619. The van der Waals surface area contributed by atoms with Crippen molar-refractivity contribution in [3.05, 3.63) is 40.4 Å². The average Bonchev–Trinajstić information content (AvgIpc) is 2.20. The number of hydrogen-bond acceptors (Lipinski definition) is 3. The maximum absolute atomic E-state index is 13.1. The van der Waals surface area contributed by atoms with Gasteiger partial charge in [0.25, 0.3) is 0 Å². The minimum atomic E-state index is -0.232. The van der Waals surface area contributed by atoms with Crippen LogP contribution >= 0.6 is 12.2 Å². The normalized spacial score (nSPS) is 10.4. The fraction of sp³-hybridized carbons (Fsp3) is 0.0909. The second-order valence-electron chi connectivity index (χ2n) is 3.49. The summed E-state index contributed by atoms with van der Waals surface area (Å²) in [5.41, 5.74) is 7.74. The summed E-state index contributed by atoms with van der Waals surface area (Å²) in [5.74, 6) is 0.116. The second-order valence-corrected chi connectivity index (χ2v) is 3.88. The van der Waals surface area contributed by atoms with E-state index < -0.39 is 0 Å². The van der Waals surface area contributed by atoms with E-state index in [4.69, 9.17) is 18.0 Å². The number of aromatic amines is 1. The molecule has 82 valence electrons. The first-order chi connectivity index (χ1) is 7.56. The van der Waals surface area contributed by atoms with Gasteiger partial charge in [-0.15, -0.1) is 0 Å². The molecule has 0 bridgehead atoms. The number of nitrogens with zero attached hydrogens (tertiary/aromatic N) is 1. The van der Waals surface area contributed by atoms with Crippen LogP contribution in [0.25, 0.3) is 11.3 Å². The second kappa shape index (κ2) is 4.02. The van der Waals surface area contributed by atoms with Gasteiger partial charge in [0, 0.05) is 6.07 Å². The largest absolute Gasteiger partial charge is 0.384 e. The predicted octanol–water partition coefficient (Wildman–Crippen LogP) is 2.84.